The Balaban J connectivity index is 1.40. The van der Waals surface area contributed by atoms with Gasteiger partial charge in [-0.15, -0.1) is 0 Å². The van der Waals surface area contributed by atoms with Gasteiger partial charge < -0.3 is 15.6 Å². The maximum atomic E-state index is 12.2. The SMILES string of the molecule is Cc1[nH]c2ccccc2c1CCNc1ncc2c(n1)-c1ccc(Cl)cc1NC(=O)C2. The molecule has 0 aliphatic carbocycles. The fourth-order valence-electron chi connectivity index (χ4n) is 4.00. The lowest BCUT2D eigenvalue weighted by Crippen LogP contribution is -2.13. The molecule has 150 valence electrons. The van der Waals surface area contributed by atoms with Gasteiger partial charge in [0.25, 0.3) is 0 Å². The van der Waals surface area contributed by atoms with E-state index in [1.807, 2.05) is 12.1 Å². The molecule has 0 radical (unpaired) electrons. The van der Waals surface area contributed by atoms with Crippen molar-refractivity contribution in [2.24, 2.45) is 0 Å². The summed E-state index contributed by atoms with van der Waals surface area (Å²) in [7, 11) is 0. The molecule has 1 aliphatic heterocycles. The summed E-state index contributed by atoms with van der Waals surface area (Å²) in [6, 6.07) is 13.8. The van der Waals surface area contributed by atoms with Gasteiger partial charge in [-0.2, -0.15) is 0 Å². The zero-order chi connectivity index (χ0) is 20.7. The van der Waals surface area contributed by atoms with E-state index in [1.54, 1.807) is 18.3 Å². The van der Waals surface area contributed by atoms with Crippen LogP contribution in [0.1, 0.15) is 16.8 Å². The van der Waals surface area contributed by atoms with E-state index in [-0.39, 0.29) is 12.3 Å². The lowest BCUT2D eigenvalue weighted by atomic mass is 10.1. The monoisotopic (exact) mass is 417 g/mol. The van der Waals surface area contributed by atoms with Crippen LogP contribution in [0.5, 0.6) is 0 Å². The summed E-state index contributed by atoms with van der Waals surface area (Å²) in [5, 5.41) is 8.04. The number of fused-ring (bicyclic) bond motifs is 4. The number of aromatic nitrogens is 3. The number of anilines is 2. The minimum atomic E-state index is -0.101. The molecule has 0 atom stereocenters. The second-order valence-corrected chi connectivity index (χ2v) is 7.87. The number of benzene rings is 2. The molecule has 4 aromatic rings. The average Bonchev–Trinajstić information content (AvgIpc) is 2.96. The number of H-pyrrole nitrogens is 1. The van der Waals surface area contributed by atoms with Gasteiger partial charge in [-0.3, -0.25) is 4.79 Å². The van der Waals surface area contributed by atoms with Crippen LogP contribution in [-0.4, -0.2) is 27.4 Å². The van der Waals surface area contributed by atoms with Crippen molar-refractivity contribution in [3.8, 4) is 11.3 Å². The molecule has 0 spiro atoms. The first kappa shape index (κ1) is 18.6. The number of nitrogens with one attached hydrogen (secondary N) is 3. The van der Waals surface area contributed by atoms with E-state index in [9.17, 15) is 4.79 Å². The molecule has 3 heterocycles. The highest BCUT2D eigenvalue weighted by atomic mass is 35.5. The number of para-hydroxylation sites is 1. The lowest BCUT2D eigenvalue weighted by molar-refractivity contribution is -0.115. The van der Waals surface area contributed by atoms with Crippen LogP contribution >= 0.6 is 11.6 Å². The maximum Gasteiger partial charge on any atom is 0.228 e. The Kier molecular flexibility index (Phi) is 4.64. The standard InChI is InChI=1S/C23H20ClN5O/c1-13-16(17-4-2-3-5-19(17)27-13)8-9-25-23-26-12-14-10-21(30)28-20-11-15(24)6-7-18(20)22(14)29-23/h2-7,11-12,27H,8-10H2,1H3,(H,28,30)(H,25,26,29). The number of hydrogen-bond donors (Lipinski definition) is 3. The number of aryl methyl sites for hydroxylation is 1. The number of hydrogen-bond acceptors (Lipinski definition) is 4. The van der Waals surface area contributed by atoms with Crippen molar-refractivity contribution in [2.45, 2.75) is 19.8 Å². The van der Waals surface area contributed by atoms with E-state index in [0.717, 1.165) is 28.8 Å². The van der Waals surface area contributed by atoms with Gasteiger partial charge in [0, 0.05) is 45.5 Å². The smallest absolute Gasteiger partial charge is 0.228 e. The van der Waals surface area contributed by atoms with Crippen LogP contribution in [0, 0.1) is 6.92 Å². The Morgan fingerprint density at radius 2 is 2.07 bits per heavy atom. The van der Waals surface area contributed by atoms with Crippen LogP contribution in [-0.2, 0) is 17.6 Å². The second-order valence-electron chi connectivity index (χ2n) is 7.43. The predicted octanol–water partition coefficient (Wildman–Crippen LogP) is 4.74. The molecule has 0 unspecified atom stereocenters. The number of amides is 1. The van der Waals surface area contributed by atoms with E-state index in [4.69, 9.17) is 16.6 Å². The molecule has 2 aromatic heterocycles. The Bertz CT molecular complexity index is 1280. The topological polar surface area (TPSA) is 82.7 Å². The zero-order valence-corrected chi connectivity index (χ0v) is 17.2. The Morgan fingerprint density at radius 3 is 2.97 bits per heavy atom. The first-order valence-corrected chi connectivity index (χ1v) is 10.2. The van der Waals surface area contributed by atoms with Gasteiger partial charge in [-0.1, -0.05) is 29.8 Å². The summed E-state index contributed by atoms with van der Waals surface area (Å²) < 4.78 is 0. The molecule has 0 saturated carbocycles. The first-order valence-electron chi connectivity index (χ1n) is 9.84. The summed E-state index contributed by atoms with van der Waals surface area (Å²) in [6.45, 7) is 2.80. The molecule has 0 saturated heterocycles. The zero-order valence-electron chi connectivity index (χ0n) is 16.4. The quantitative estimate of drug-likeness (QED) is 0.448. The predicted molar refractivity (Wildman–Crippen MR) is 120 cm³/mol. The van der Waals surface area contributed by atoms with Gasteiger partial charge in [0.1, 0.15) is 0 Å². The van der Waals surface area contributed by atoms with Crippen molar-refractivity contribution >= 4 is 40.0 Å². The fourth-order valence-corrected chi connectivity index (χ4v) is 4.18. The molecule has 6 nitrogen and oxygen atoms in total. The third-order valence-corrected chi connectivity index (χ3v) is 5.65. The summed E-state index contributed by atoms with van der Waals surface area (Å²) in [5.41, 5.74) is 6.69. The molecule has 30 heavy (non-hydrogen) atoms. The van der Waals surface area contributed by atoms with Crippen molar-refractivity contribution in [2.75, 3.05) is 17.2 Å². The van der Waals surface area contributed by atoms with Crippen LogP contribution in [0.25, 0.3) is 22.2 Å². The number of aromatic amines is 1. The number of carbonyl (C=O) groups excluding carboxylic acids is 1. The van der Waals surface area contributed by atoms with Crippen LogP contribution in [0.15, 0.2) is 48.7 Å². The van der Waals surface area contributed by atoms with Gasteiger partial charge in [-0.25, -0.2) is 9.97 Å². The van der Waals surface area contributed by atoms with Crippen molar-refractivity contribution in [3.63, 3.8) is 0 Å². The van der Waals surface area contributed by atoms with Crippen molar-refractivity contribution in [1.29, 1.82) is 0 Å². The fraction of sp³-hybridized carbons (Fsp3) is 0.174. The number of rotatable bonds is 4. The summed E-state index contributed by atoms with van der Waals surface area (Å²) in [4.78, 5) is 24.8. The third kappa shape index (κ3) is 3.39. The molecule has 1 amide bonds. The summed E-state index contributed by atoms with van der Waals surface area (Å²) in [5.74, 6) is 0.442. The highest BCUT2D eigenvalue weighted by Crippen LogP contribution is 2.34. The molecule has 0 fully saturated rings. The molecule has 3 N–H and O–H groups in total. The summed E-state index contributed by atoms with van der Waals surface area (Å²) in [6.07, 6.45) is 2.81. The Hall–Kier alpha value is -3.38. The highest BCUT2D eigenvalue weighted by molar-refractivity contribution is 6.31. The van der Waals surface area contributed by atoms with Gasteiger partial charge >= 0.3 is 0 Å². The molecule has 0 bridgehead atoms. The molecule has 7 heteroatoms. The van der Waals surface area contributed by atoms with Crippen LogP contribution in [0.4, 0.5) is 11.6 Å². The minimum absolute atomic E-state index is 0.101. The summed E-state index contributed by atoms with van der Waals surface area (Å²) >= 11 is 6.11. The number of nitrogens with zero attached hydrogens (tertiary/aromatic N) is 2. The molecular formula is C23H20ClN5O. The van der Waals surface area contributed by atoms with E-state index >= 15 is 0 Å². The Labute approximate surface area is 178 Å². The van der Waals surface area contributed by atoms with Crippen LogP contribution in [0.2, 0.25) is 5.02 Å². The van der Waals surface area contributed by atoms with Gasteiger partial charge in [0.15, 0.2) is 0 Å². The lowest BCUT2D eigenvalue weighted by Gasteiger charge is -2.11. The third-order valence-electron chi connectivity index (χ3n) is 5.41. The first-order chi connectivity index (χ1) is 14.6. The van der Waals surface area contributed by atoms with E-state index in [2.05, 4.69) is 45.7 Å². The Morgan fingerprint density at radius 1 is 1.20 bits per heavy atom. The van der Waals surface area contributed by atoms with E-state index in [1.165, 1.54) is 16.6 Å². The molecule has 2 aromatic carbocycles. The molecule has 1 aliphatic rings. The van der Waals surface area contributed by atoms with Gasteiger partial charge in [0.2, 0.25) is 11.9 Å². The highest BCUT2D eigenvalue weighted by Gasteiger charge is 2.21. The van der Waals surface area contributed by atoms with Crippen molar-refractivity contribution < 1.29 is 4.79 Å². The van der Waals surface area contributed by atoms with Crippen molar-refractivity contribution in [1.82, 2.24) is 15.0 Å². The maximum absolute atomic E-state index is 12.2. The van der Waals surface area contributed by atoms with E-state index < -0.39 is 0 Å². The molecule has 5 rings (SSSR count). The molecular weight excluding hydrogens is 398 g/mol. The van der Waals surface area contributed by atoms with Crippen LogP contribution in [0.3, 0.4) is 0 Å². The van der Waals surface area contributed by atoms with E-state index in [0.29, 0.717) is 23.2 Å². The van der Waals surface area contributed by atoms with Crippen LogP contribution < -0.4 is 10.6 Å². The number of carbonyl (C=O) groups is 1. The van der Waals surface area contributed by atoms with Gasteiger partial charge in [-0.05, 0) is 43.2 Å². The average molecular weight is 418 g/mol. The minimum Gasteiger partial charge on any atom is -0.358 e. The largest absolute Gasteiger partial charge is 0.358 e. The number of halogens is 1. The van der Waals surface area contributed by atoms with Gasteiger partial charge in [0.05, 0.1) is 17.8 Å². The normalized spacial score (nSPS) is 12.8. The second kappa shape index (κ2) is 7.46. The van der Waals surface area contributed by atoms with Crippen molar-refractivity contribution in [3.05, 3.63) is 70.5 Å².